The Morgan fingerprint density at radius 1 is 1.36 bits per heavy atom. The maximum Gasteiger partial charge on any atom is 0.227 e. The lowest BCUT2D eigenvalue weighted by molar-refractivity contribution is -0.143. The maximum atomic E-state index is 12.8. The van der Waals surface area contributed by atoms with Gasteiger partial charge in [0.15, 0.2) is 0 Å². The van der Waals surface area contributed by atoms with Crippen LogP contribution in [0.5, 0.6) is 0 Å². The van der Waals surface area contributed by atoms with Gasteiger partial charge in [0, 0.05) is 50.4 Å². The second kappa shape index (κ2) is 7.76. The topological polar surface area (TPSA) is 66.4 Å². The monoisotopic (exact) mass is 342 g/mol. The van der Waals surface area contributed by atoms with Gasteiger partial charge in [-0.1, -0.05) is 6.08 Å². The van der Waals surface area contributed by atoms with Crippen LogP contribution in [0, 0.1) is 12.8 Å². The van der Waals surface area contributed by atoms with Crippen molar-refractivity contribution in [2.45, 2.75) is 38.5 Å². The van der Waals surface area contributed by atoms with E-state index in [0.717, 1.165) is 37.4 Å². The van der Waals surface area contributed by atoms with Gasteiger partial charge in [0.25, 0.3) is 0 Å². The molecule has 1 aromatic rings. The molecule has 1 aromatic heterocycles. The van der Waals surface area contributed by atoms with Gasteiger partial charge in [-0.15, -0.1) is 6.58 Å². The molecule has 3 heterocycles. The number of nitrogens with zero attached hydrogens (tertiary/aromatic N) is 4. The number of aryl methyl sites for hydroxylation is 1. The number of likely N-dealkylation sites (tertiary alicyclic amines) is 2. The Morgan fingerprint density at radius 2 is 2.12 bits per heavy atom. The van der Waals surface area contributed by atoms with Crippen molar-refractivity contribution in [3.63, 3.8) is 0 Å². The Bertz CT molecular complexity index is 653. The number of carbonyl (C=O) groups excluding carboxylic acids is 2. The zero-order valence-corrected chi connectivity index (χ0v) is 14.9. The quantitative estimate of drug-likeness (QED) is 0.784. The standard InChI is InChI=1S/C19H26N4O2/c1-3-10-23-13-16(4-5-18(23)24)19(25)22-11-7-15(8-12-22)17-6-9-20-14(2)21-17/h3,6,9,15-16H,1,4-5,7-8,10-13H2,2H3. The minimum Gasteiger partial charge on any atom is -0.342 e. The summed E-state index contributed by atoms with van der Waals surface area (Å²) in [4.78, 5) is 37.1. The van der Waals surface area contributed by atoms with E-state index in [2.05, 4.69) is 16.5 Å². The van der Waals surface area contributed by atoms with Crippen LogP contribution >= 0.6 is 0 Å². The van der Waals surface area contributed by atoms with Gasteiger partial charge in [0.2, 0.25) is 11.8 Å². The van der Waals surface area contributed by atoms with Crippen molar-refractivity contribution in [1.82, 2.24) is 19.8 Å². The molecule has 3 rings (SSSR count). The van der Waals surface area contributed by atoms with Gasteiger partial charge in [0.05, 0.1) is 5.92 Å². The number of piperidine rings is 2. The third-order valence-corrected chi connectivity index (χ3v) is 5.22. The summed E-state index contributed by atoms with van der Waals surface area (Å²) in [7, 11) is 0. The van der Waals surface area contributed by atoms with E-state index in [1.807, 2.05) is 24.1 Å². The zero-order valence-electron chi connectivity index (χ0n) is 14.9. The predicted molar refractivity (Wildman–Crippen MR) is 94.8 cm³/mol. The smallest absolute Gasteiger partial charge is 0.227 e. The number of rotatable bonds is 4. The molecular formula is C19H26N4O2. The number of carbonyl (C=O) groups is 2. The Hall–Kier alpha value is -2.24. The van der Waals surface area contributed by atoms with Crippen LogP contribution in [0.1, 0.15) is 43.1 Å². The van der Waals surface area contributed by atoms with Gasteiger partial charge >= 0.3 is 0 Å². The van der Waals surface area contributed by atoms with E-state index in [-0.39, 0.29) is 17.7 Å². The van der Waals surface area contributed by atoms with Gasteiger partial charge in [-0.25, -0.2) is 9.97 Å². The van der Waals surface area contributed by atoms with E-state index in [4.69, 9.17) is 0 Å². The van der Waals surface area contributed by atoms with Gasteiger partial charge in [-0.3, -0.25) is 9.59 Å². The van der Waals surface area contributed by atoms with Crippen molar-refractivity contribution in [2.75, 3.05) is 26.2 Å². The molecule has 0 radical (unpaired) electrons. The Morgan fingerprint density at radius 3 is 2.80 bits per heavy atom. The van der Waals surface area contributed by atoms with Crippen LogP contribution in [0.3, 0.4) is 0 Å². The molecule has 2 fully saturated rings. The van der Waals surface area contributed by atoms with Gasteiger partial charge in [0.1, 0.15) is 5.82 Å². The lowest BCUT2D eigenvalue weighted by Gasteiger charge is -2.37. The summed E-state index contributed by atoms with van der Waals surface area (Å²) in [5, 5.41) is 0. The predicted octanol–water partition coefficient (Wildman–Crippen LogP) is 1.92. The Labute approximate surface area is 148 Å². The molecule has 0 aliphatic carbocycles. The second-order valence-corrected chi connectivity index (χ2v) is 6.95. The summed E-state index contributed by atoms with van der Waals surface area (Å²) in [6.45, 7) is 8.17. The van der Waals surface area contributed by atoms with Crippen molar-refractivity contribution in [3.05, 3.63) is 36.4 Å². The molecule has 0 N–H and O–H groups in total. The summed E-state index contributed by atoms with van der Waals surface area (Å²) >= 11 is 0. The van der Waals surface area contributed by atoms with E-state index in [0.29, 0.717) is 31.8 Å². The first-order valence-electron chi connectivity index (χ1n) is 9.05. The van der Waals surface area contributed by atoms with Crippen LogP contribution in [0.4, 0.5) is 0 Å². The molecule has 0 saturated carbocycles. The third kappa shape index (κ3) is 4.06. The summed E-state index contributed by atoms with van der Waals surface area (Å²) in [6.07, 6.45) is 6.52. The number of amides is 2. The highest BCUT2D eigenvalue weighted by atomic mass is 16.2. The average molecular weight is 342 g/mol. The minimum absolute atomic E-state index is 0.0736. The molecule has 0 aromatic carbocycles. The largest absolute Gasteiger partial charge is 0.342 e. The molecule has 6 heteroatoms. The number of hydrogen-bond acceptors (Lipinski definition) is 4. The molecule has 25 heavy (non-hydrogen) atoms. The summed E-state index contributed by atoms with van der Waals surface area (Å²) < 4.78 is 0. The van der Waals surface area contributed by atoms with Gasteiger partial charge in [-0.05, 0) is 32.3 Å². The fourth-order valence-electron chi connectivity index (χ4n) is 3.80. The Balaban J connectivity index is 1.56. The summed E-state index contributed by atoms with van der Waals surface area (Å²) in [5.41, 5.74) is 1.08. The zero-order chi connectivity index (χ0) is 17.8. The first kappa shape index (κ1) is 17.6. The molecule has 0 bridgehead atoms. The molecule has 2 amide bonds. The molecule has 6 nitrogen and oxygen atoms in total. The normalized spacial score (nSPS) is 22.1. The van der Waals surface area contributed by atoms with E-state index < -0.39 is 0 Å². The fourth-order valence-corrected chi connectivity index (χ4v) is 3.80. The van der Waals surface area contributed by atoms with Crippen molar-refractivity contribution in [1.29, 1.82) is 0 Å². The molecule has 2 aliphatic rings. The van der Waals surface area contributed by atoms with Crippen LogP contribution in [0.15, 0.2) is 24.9 Å². The number of hydrogen-bond donors (Lipinski definition) is 0. The van der Waals surface area contributed by atoms with Crippen LogP contribution in [-0.4, -0.2) is 57.8 Å². The highest BCUT2D eigenvalue weighted by Gasteiger charge is 2.34. The highest BCUT2D eigenvalue weighted by molar-refractivity contribution is 5.84. The van der Waals surface area contributed by atoms with E-state index in [1.54, 1.807) is 11.0 Å². The van der Waals surface area contributed by atoms with Crippen LogP contribution < -0.4 is 0 Å². The first-order valence-corrected chi connectivity index (χ1v) is 9.05. The van der Waals surface area contributed by atoms with Gasteiger partial charge in [-0.2, -0.15) is 0 Å². The molecular weight excluding hydrogens is 316 g/mol. The van der Waals surface area contributed by atoms with Gasteiger partial charge < -0.3 is 9.80 Å². The summed E-state index contributed by atoms with van der Waals surface area (Å²) in [6, 6.07) is 1.98. The SMILES string of the molecule is C=CCN1CC(C(=O)N2CCC(c3ccnc(C)n3)CC2)CCC1=O. The molecule has 2 saturated heterocycles. The van der Waals surface area contributed by atoms with E-state index >= 15 is 0 Å². The van der Waals surface area contributed by atoms with Crippen LogP contribution in [-0.2, 0) is 9.59 Å². The van der Waals surface area contributed by atoms with E-state index in [9.17, 15) is 9.59 Å². The van der Waals surface area contributed by atoms with E-state index in [1.165, 1.54) is 0 Å². The third-order valence-electron chi connectivity index (χ3n) is 5.22. The highest BCUT2D eigenvalue weighted by Crippen LogP contribution is 2.28. The molecule has 0 spiro atoms. The van der Waals surface area contributed by atoms with Crippen molar-refractivity contribution < 1.29 is 9.59 Å². The fraction of sp³-hybridized carbons (Fsp3) is 0.579. The average Bonchev–Trinajstić information content (AvgIpc) is 2.63. The number of aromatic nitrogens is 2. The first-order chi connectivity index (χ1) is 12.1. The molecule has 134 valence electrons. The van der Waals surface area contributed by atoms with Crippen molar-refractivity contribution in [3.8, 4) is 0 Å². The maximum absolute atomic E-state index is 12.8. The lowest BCUT2D eigenvalue weighted by atomic mass is 9.91. The van der Waals surface area contributed by atoms with Crippen molar-refractivity contribution >= 4 is 11.8 Å². The molecule has 1 atom stereocenters. The Kier molecular flexibility index (Phi) is 5.46. The summed E-state index contributed by atoms with van der Waals surface area (Å²) in [5.74, 6) is 1.44. The molecule has 2 aliphatic heterocycles. The van der Waals surface area contributed by atoms with Crippen LogP contribution in [0.25, 0.3) is 0 Å². The molecule has 1 unspecified atom stereocenters. The van der Waals surface area contributed by atoms with Crippen LogP contribution in [0.2, 0.25) is 0 Å². The second-order valence-electron chi connectivity index (χ2n) is 6.95. The van der Waals surface area contributed by atoms with Crippen molar-refractivity contribution in [2.24, 2.45) is 5.92 Å². The lowest BCUT2D eigenvalue weighted by Crippen LogP contribution is -2.48. The minimum atomic E-state index is -0.0736.